The highest BCUT2D eigenvalue weighted by molar-refractivity contribution is 7.98. The molecule has 0 aromatic rings. The number of carboxylic acids is 1. The predicted octanol–water partition coefficient (Wildman–Crippen LogP) is 4.12. The van der Waals surface area contributed by atoms with Crippen molar-refractivity contribution in [2.24, 2.45) is 0 Å². The Morgan fingerprint density at radius 3 is 2.07 bits per heavy atom. The van der Waals surface area contributed by atoms with Crippen LogP contribution in [0.1, 0.15) is 74.1 Å². The van der Waals surface area contributed by atoms with Gasteiger partial charge in [-0.05, 0) is 59.4 Å². The molecule has 0 atom stereocenters. The number of nitrogens with zero attached hydrogens (tertiary/aromatic N) is 1. The lowest BCUT2D eigenvalue weighted by Gasteiger charge is -2.32. The number of amides is 2. The van der Waals surface area contributed by atoms with E-state index in [1.54, 1.807) is 20.8 Å². The molecule has 0 unspecified atom stereocenters. The molecule has 0 aromatic heterocycles. The summed E-state index contributed by atoms with van der Waals surface area (Å²) in [4.78, 5) is 35.4. The van der Waals surface area contributed by atoms with E-state index >= 15 is 0 Å². The van der Waals surface area contributed by atoms with Gasteiger partial charge >= 0.3 is 12.1 Å². The molecular formula is C19H36N2O5S2. The minimum Gasteiger partial charge on any atom is -0.481 e. The highest BCUT2D eigenvalue weighted by atomic mass is 32.2. The number of carbonyl (C=O) groups excluding carboxylic acids is 2. The van der Waals surface area contributed by atoms with Gasteiger partial charge in [0.05, 0.1) is 6.54 Å². The number of hydrogen-bond donors (Lipinski definition) is 3. The Labute approximate surface area is 178 Å². The van der Waals surface area contributed by atoms with Crippen LogP contribution in [0.15, 0.2) is 0 Å². The second kappa shape index (κ2) is 11.2. The average molecular weight is 437 g/mol. The van der Waals surface area contributed by atoms with Crippen molar-refractivity contribution in [1.82, 2.24) is 9.62 Å². The third-order valence-electron chi connectivity index (χ3n) is 3.50. The maximum Gasteiger partial charge on any atom is 0.420 e. The van der Waals surface area contributed by atoms with E-state index in [-0.39, 0.29) is 30.2 Å². The summed E-state index contributed by atoms with van der Waals surface area (Å²) < 4.78 is 6.21. The first-order chi connectivity index (χ1) is 12.5. The minimum atomic E-state index is -0.878. The second-order valence-corrected chi connectivity index (χ2v) is 11.9. The lowest BCUT2D eigenvalue weighted by Crippen LogP contribution is -2.40. The van der Waals surface area contributed by atoms with Gasteiger partial charge in [0.1, 0.15) is 5.60 Å². The largest absolute Gasteiger partial charge is 0.481 e. The van der Waals surface area contributed by atoms with Crippen LogP contribution in [-0.4, -0.2) is 55.6 Å². The van der Waals surface area contributed by atoms with E-state index in [9.17, 15) is 14.4 Å². The second-order valence-electron chi connectivity index (χ2n) is 8.99. The minimum absolute atomic E-state index is 0.0123. The van der Waals surface area contributed by atoms with E-state index in [0.29, 0.717) is 19.3 Å². The quantitative estimate of drug-likeness (QED) is 0.333. The number of carbonyl (C=O) groups is 3. The summed E-state index contributed by atoms with van der Waals surface area (Å²) in [6, 6.07) is 0. The SMILES string of the molecule is CC(C)(S)CCC(=O)NCCN(SC(C)(C)CCC(=O)O)C(=O)OC(C)(C)C. The summed E-state index contributed by atoms with van der Waals surface area (Å²) in [5.74, 6) is -0.974. The van der Waals surface area contributed by atoms with Gasteiger partial charge in [0.2, 0.25) is 5.91 Å². The summed E-state index contributed by atoms with van der Waals surface area (Å²) in [7, 11) is 0. The summed E-state index contributed by atoms with van der Waals surface area (Å²) in [6.07, 6.45) is 0.912. The first kappa shape index (κ1) is 26.9. The highest BCUT2D eigenvalue weighted by Gasteiger charge is 2.30. The van der Waals surface area contributed by atoms with Crippen LogP contribution in [0, 0.1) is 0 Å². The normalized spacial score (nSPS) is 12.4. The first-order valence-electron chi connectivity index (χ1n) is 9.41. The smallest absolute Gasteiger partial charge is 0.420 e. The van der Waals surface area contributed by atoms with Crippen LogP contribution < -0.4 is 5.32 Å². The molecule has 0 fully saturated rings. The fourth-order valence-corrected chi connectivity index (χ4v) is 3.24. The van der Waals surface area contributed by atoms with Crippen LogP contribution in [0.3, 0.4) is 0 Å². The van der Waals surface area contributed by atoms with Crippen LogP contribution in [0.2, 0.25) is 0 Å². The summed E-state index contributed by atoms with van der Waals surface area (Å²) in [5.41, 5.74) is -0.650. The molecule has 0 aromatic carbocycles. The molecule has 0 bridgehead atoms. The molecule has 0 radical (unpaired) electrons. The van der Waals surface area contributed by atoms with Crippen molar-refractivity contribution in [3.8, 4) is 0 Å². The van der Waals surface area contributed by atoms with Gasteiger partial charge in [-0.1, -0.05) is 13.8 Å². The van der Waals surface area contributed by atoms with Gasteiger partial charge in [-0.2, -0.15) is 12.6 Å². The molecule has 2 amide bonds. The predicted molar refractivity (Wildman–Crippen MR) is 117 cm³/mol. The molecule has 0 aliphatic rings. The number of aliphatic carboxylic acids is 1. The Balaban J connectivity index is 4.84. The monoisotopic (exact) mass is 436 g/mol. The fourth-order valence-electron chi connectivity index (χ4n) is 2.04. The molecule has 164 valence electrons. The van der Waals surface area contributed by atoms with E-state index in [0.717, 1.165) is 0 Å². The zero-order chi connectivity index (χ0) is 22.2. The third kappa shape index (κ3) is 14.9. The van der Waals surface area contributed by atoms with Gasteiger partial charge in [0, 0.05) is 28.9 Å². The molecule has 0 rings (SSSR count). The number of ether oxygens (including phenoxy) is 1. The van der Waals surface area contributed by atoms with E-state index in [4.69, 9.17) is 9.84 Å². The number of carboxylic acid groups (broad SMARTS) is 1. The van der Waals surface area contributed by atoms with E-state index in [2.05, 4.69) is 17.9 Å². The molecule has 2 N–H and O–H groups in total. The molecule has 0 saturated carbocycles. The molecule has 0 spiro atoms. The van der Waals surface area contributed by atoms with E-state index in [1.165, 1.54) is 16.3 Å². The highest BCUT2D eigenvalue weighted by Crippen LogP contribution is 2.33. The lowest BCUT2D eigenvalue weighted by molar-refractivity contribution is -0.137. The van der Waals surface area contributed by atoms with Gasteiger partial charge < -0.3 is 15.2 Å². The summed E-state index contributed by atoms with van der Waals surface area (Å²) in [6.45, 7) is 13.5. The maximum absolute atomic E-state index is 12.6. The molecule has 0 aliphatic carbocycles. The zero-order valence-electron chi connectivity index (χ0n) is 18.1. The van der Waals surface area contributed by atoms with Crippen LogP contribution in [0.5, 0.6) is 0 Å². The molecule has 0 aliphatic heterocycles. The van der Waals surface area contributed by atoms with Crippen molar-refractivity contribution in [3.63, 3.8) is 0 Å². The topological polar surface area (TPSA) is 95.9 Å². The number of thiol groups is 1. The van der Waals surface area contributed by atoms with Crippen molar-refractivity contribution in [2.45, 2.75) is 89.2 Å². The van der Waals surface area contributed by atoms with E-state index < -0.39 is 22.4 Å². The van der Waals surface area contributed by atoms with E-state index in [1.807, 2.05) is 27.7 Å². The molecule has 9 heteroatoms. The Morgan fingerprint density at radius 1 is 1.04 bits per heavy atom. The molecule has 0 saturated heterocycles. The molecule has 28 heavy (non-hydrogen) atoms. The third-order valence-corrected chi connectivity index (χ3v) is 4.97. The summed E-state index contributed by atoms with van der Waals surface area (Å²) in [5, 5.41) is 11.7. The van der Waals surface area contributed by atoms with Crippen molar-refractivity contribution in [3.05, 3.63) is 0 Å². The Hall–Kier alpha value is -1.09. The fraction of sp³-hybridized carbons (Fsp3) is 0.842. The standard InChI is InChI=1S/C19H36N2O5S2/c1-17(2,3)26-16(25)21(28-19(6,7)11-9-15(23)24)13-12-20-14(22)8-10-18(4,5)27/h27H,8-13H2,1-7H3,(H,20,22)(H,23,24). The van der Waals surface area contributed by atoms with Crippen molar-refractivity contribution in [1.29, 1.82) is 0 Å². The van der Waals surface area contributed by atoms with Crippen molar-refractivity contribution in [2.75, 3.05) is 13.1 Å². The van der Waals surface area contributed by atoms with Crippen LogP contribution in [0.25, 0.3) is 0 Å². The molecular weight excluding hydrogens is 400 g/mol. The van der Waals surface area contributed by atoms with Crippen molar-refractivity contribution >= 4 is 42.5 Å². The number of nitrogens with one attached hydrogen (secondary N) is 1. The lowest BCUT2D eigenvalue weighted by atomic mass is 10.1. The Kier molecular flexibility index (Phi) is 10.8. The zero-order valence-corrected chi connectivity index (χ0v) is 19.8. The summed E-state index contributed by atoms with van der Waals surface area (Å²) >= 11 is 5.64. The van der Waals surface area contributed by atoms with Crippen LogP contribution >= 0.6 is 24.6 Å². The van der Waals surface area contributed by atoms with Gasteiger partial charge in [0.25, 0.3) is 0 Å². The number of hydrogen-bond acceptors (Lipinski definition) is 6. The van der Waals surface area contributed by atoms with Crippen LogP contribution in [0.4, 0.5) is 4.79 Å². The molecule has 0 heterocycles. The maximum atomic E-state index is 12.6. The Morgan fingerprint density at radius 2 is 1.61 bits per heavy atom. The van der Waals surface area contributed by atoms with Gasteiger partial charge in [-0.3, -0.25) is 9.59 Å². The van der Waals surface area contributed by atoms with Gasteiger partial charge in [0.15, 0.2) is 0 Å². The average Bonchev–Trinajstić information content (AvgIpc) is 2.47. The Bertz CT molecular complexity index is 539. The molecule has 7 nitrogen and oxygen atoms in total. The number of rotatable bonds is 11. The van der Waals surface area contributed by atoms with Crippen molar-refractivity contribution < 1.29 is 24.2 Å². The van der Waals surface area contributed by atoms with Crippen LogP contribution in [-0.2, 0) is 14.3 Å². The van der Waals surface area contributed by atoms with Gasteiger partial charge in [-0.25, -0.2) is 9.10 Å². The van der Waals surface area contributed by atoms with Gasteiger partial charge in [-0.15, -0.1) is 0 Å². The first-order valence-corrected chi connectivity index (χ1v) is 10.6.